The van der Waals surface area contributed by atoms with Crippen molar-refractivity contribution in [1.82, 2.24) is 10.9 Å². The molecular formula is C14H12ClN3O3S. The number of rotatable bonds is 4. The molecule has 0 saturated heterocycles. The van der Waals surface area contributed by atoms with E-state index in [4.69, 9.17) is 11.6 Å². The van der Waals surface area contributed by atoms with E-state index in [0.29, 0.717) is 14.8 Å². The Balaban J connectivity index is 1.82. The minimum Gasteiger partial charge on any atom is -0.618 e. The van der Waals surface area contributed by atoms with E-state index in [-0.39, 0.29) is 11.3 Å². The van der Waals surface area contributed by atoms with Crippen LogP contribution in [0.2, 0.25) is 5.02 Å². The third-order valence-electron chi connectivity index (χ3n) is 2.57. The van der Waals surface area contributed by atoms with E-state index in [0.717, 1.165) is 11.8 Å². The zero-order chi connectivity index (χ0) is 15.9. The Kier molecular flexibility index (Phi) is 5.62. The van der Waals surface area contributed by atoms with Gasteiger partial charge in [-0.2, -0.15) is 4.73 Å². The number of hydrogen-bond acceptors (Lipinski definition) is 4. The van der Waals surface area contributed by atoms with Gasteiger partial charge in [0.15, 0.2) is 6.20 Å². The van der Waals surface area contributed by atoms with Crippen molar-refractivity contribution in [2.75, 3.05) is 5.75 Å². The molecule has 22 heavy (non-hydrogen) atoms. The van der Waals surface area contributed by atoms with Gasteiger partial charge in [0.2, 0.25) is 5.91 Å². The fourth-order valence-electron chi connectivity index (χ4n) is 1.54. The van der Waals surface area contributed by atoms with E-state index in [9.17, 15) is 14.8 Å². The fourth-order valence-corrected chi connectivity index (χ4v) is 2.47. The van der Waals surface area contributed by atoms with Crippen LogP contribution in [-0.2, 0) is 4.79 Å². The molecule has 1 aromatic carbocycles. The lowest BCUT2D eigenvalue weighted by Gasteiger charge is -2.08. The second-order valence-electron chi connectivity index (χ2n) is 4.14. The number of benzene rings is 1. The van der Waals surface area contributed by atoms with Gasteiger partial charge in [-0.1, -0.05) is 23.7 Å². The molecule has 1 aromatic heterocycles. The van der Waals surface area contributed by atoms with Gasteiger partial charge < -0.3 is 5.21 Å². The SMILES string of the molecule is O=C(CSc1cccc[n+]1[O-])NNC(=O)c1ccccc1Cl. The monoisotopic (exact) mass is 337 g/mol. The molecule has 0 saturated carbocycles. The maximum atomic E-state index is 11.8. The predicted octanol–water partition coefficient (Wildman–Crippen LogP) is 1.53. The van der Waals surface area contributed by atoms with Crippen LogP contribution >= 0.6 is 23.4 Å². The first-order valence-electron chi connectivity index (χ1n) is 6.22. The molecule has 6 nitrogen and oxygen atoms in total. The van der Waals surface area contributed by atoms with Gasteiger partial charge in [-0.25, -0.2) is 0 Å². The summed E-state index contributed by atoms with van der Waals surface area (Å²) >= 11 is 6.94. The standard InChI is InChI=1S/C14H12ClN3O3S/c15-11-6-2-1-5-10(11)14(20)17-16-12(19)9-22-13-7-3-4-8-18(13)21/h1-8H,9H2,(H,16,19)(H,17,20). The quantitative estimate of drug-likeness (QED) is 0.383. The topological polar surface area (TPSA) is 85.1 Å². The average molecular weight is 338 g/mol. The van der Waals surface area contributed by atoms with E-state index in [1.807, 2.05) is 0 Å². The van der Waals surface area contributed by atoms with Gasteiger partial charge in [0.05, 0.1) is 16.3 Å². The molecule has 2 aromatic rings. The summed E-state index contributed by atoms with van der Waals surface area (Å²) in [5, 5.41) is 12.1. The highest BCUT2D eigenvalue weighted by atomic mass is 35.5. The molecule has 0 spiro atoms. The lowest BCUT2D eigenvalue weighted by molar-refractivity contribution is -0.645. The Morgan fingerprint density at radius 1 is 1.14 bits per heavy atom. The molecule has 8 heteroatoms. The second kappa shape index (κ2) is 7.67. The summed E-state index contributed by atoms with van der Waals surface area (Å²) in [7, 11) is 0. The molecule has 0 aliphatic rings. The highest BCUT2D eigenvalue weighted by Crippen LogP contribution is 2.14. The van der Waals surface area contributed by atoms with Crippen LogP contribution in [0.4, 0.5) is 0 Å². The summed E-state index contributed by atoms with van der Waals surface area (Å²) in [6, 6.07) is 11.4. The van der Waals surface area contributed by atoms with Gasteiger partial charge >= 0.3 is 0 Å². The summed E-state index contributed by atoms with van der Waals surface area (Å²) in [6.07, 6.45) is 1.35. The minimum atomic E-state index is -0.512. The number of nitrogens with one attached hydrogen (secondary N) is 2. The number of aromatic nitrogens is 1. The molecule has 0 aliphatic heterocycles. The molecule has 0 bridgehead atoms. The smallest absolute Gasteiger partial charge is 0.271 e. The van der Waals surface area contributed by atoms with Crippen LogP contribution in [0.3, 0.4) is 0 Å². The highest BCUT2D eigenvalue weighted by molar-refractivity contribution is 7.99. The van der Waals surface area contributed by atoms with Gasteiger partial charge in [-0.05, 0) is 30.0 Å². The van der Waals surface area contributed by atoms with Gasteiger partial charge in [-0.15, -0.1) is 0 Å². The first-order valence-corrected chi connectivity index (χ1v) is 7.59. The van der Waals surface area contributed by atoms with Crippen LogP contribution in [0.5, 0.6) is 0 Å². The number of pyridine rings is 1. The van der Waals surface area contributed by atoms with Gasteiger partial charge in [0.25, 0.3) is 10.9 Å². The molecule has 2 N–H and O–H groups in total. The Bertz CT molecular complexity index is 697. The van der Waals surface area contributed by atoms with Crippen molar-refractivity contribution in [3.8, 4) is 0 Å². The van der Waals surface area contributed by atoms with Crippen molar-refractivity contribution < 1.29 is 14.3 Å². The molecule has 2 rings (SSSR count). The molecular weight excluding hydrogens is 326 g/mol. The number of carbonyl (C=O) groups is 2. The average Bonchev–Trinajstić information content (AvgIpc) is 2.52. The Hall–Kier alpha value is -2.25. The summed E-state index contributed by atoms with van der Waals surface area (Å²) in [5.74, 6) is -0.952. The van der Waals surface area contributed by atoms with Crippen molar-refractivity contribution >= 4 is 35.2 Å². The number of amides is 2. The van der Waals surface area contributed by atoms with E-state index in [1.54, 1.807) is 42.5 Å². The Morgan fingerprint density at radius 3 is 2.59 bits per heavy atom. The van der Waals surface area contributed by atoms with Gasteiger partial charge in [0.1, 0.15) is 0 Å². The van der Waals surface area contributed by atoms with Crippen molar-refractivity contribution in [3.63, 3.8) is 0 Å². The summed E-state index contributed by atoms with van der Waals surface area (Å²) in [6.45, 7) is 0. The molecule has 0 aliphatic carbocycles. The van der Waals surface area contributed by atoms with Crippen molar-refractivity contribution in [2.45, 2.75) is 5.03 Å². The molecule has 0 unspecified atom stereocenters. The van der Waals surface area contributed by atoms with Crippen LogP contribution in [0.15, 0.2) is 53.7 Å². The number of thioether (sulfide) groups is 1. The molecule has 114 valence electrons. The van der Waals surface area contributed by atoms with Crippen LogP contribution < -0.4 is 15.6 Å². The molecule has 0 fully saturated rings. The van der Waals surface area contributed by atoms with E-state index >= 15 is 0 Å². The van der Waals surface area contributed by atoms with Gasteiger partial charge in [0, 0.05) is 12.1 Å². The molecule has 1 heterocycles. The number of hydrogen-bond donors (Lipinski definition) is 2. The number of halogens is 1. The maximum Gasteiger partial charge on any atom is 0.271 e. The molecule has 0 atom stereocenters. The first-order chi connectivity index (χ1) is 10.6. The zero-order valence-corrected chi connectivity index (χ0v) is 12.9. The van der Waals surface area contributed by atoms with E-state index < -0.39 is 11.8 Å². The number of hydrazine groups is 1. The second-order valence-corrected chi connectivity index (χ2v) is 5.54. The third kappa shape index (κ3) is 4.37. The minimum absolute atomic E-state index is 0.00491. The number of carbonyl (C=O) groups excluding carboxylic acids is 2. The highest BCUT2D eigenvalue weighted by Gasteiger charge is 2.12. The van der Waals surface area contributed by atoms with Crippen molar-refractivity contribution in [3.05, 3.63) is 64.5 Å². The maximum absolute atomic E-state index is 11.8. The van der Waals surface area contributed by atoms with Crippen LogP contribution in [0.1, 0.15) is 10.4 Å². The van der Waals surface area contributed by atoms with Crippen molar-refractivity contribution in [2.24, 2.45) is 0 Å². The zero-order valence-electron chi connectivity index (χ0n) is 11.3. The largest absolute Gasteiger partial charge is 0.618 e. The molecule has 2 amide bonds. The van der Waals surface area contributed by atoms with Crippen LogP contribution in [-0.4, -0.2) is 17.6 Å². The Morgan fingerprint density at radius 2 is 1.86 bits per heavy atom. The fraction of sp³-hybridized carbons (Fsp3) is 0.0714. The third-order valence-corrected chi connectivity index (χ3v) is 3.92. The van der Waals surface area contributed by atoms with Crippen LogP contribution in [0, 0.1) is 5.21 Å². The summed E-state index contributed by atoms with van der Waals surface area (Å²) in [5.41, 5.74) is 4.80. The summed E-state index contributed by atoms with van der Waals surface area (Å²) < 4.78 is 0.667. The summed E-state index contributed by atoms with van der Waals surface area (Å²) in [4.78, 5) is 23.5. The van der Waals surface area contributed by atoms with Crippen molar-refractivity contribution in [1.29, 1.82) is 0 Å². The Labute approximate surface area is 136 Å². The predicted molar refractivity (Wildman–Crippen MR) is 83.2 cm³/mol. The van der Waals surface area contributed by atoms with Crippen LogP contribution in [0.25, 0.3) is 0 Å². The lowest BCUT2D eigenvalue weighted by Crippen LogP contribution is -2.42. The lowest BCUT2D eigenvalue weighted by atomic mass is 10.2. The molecule has 0 radical (unpaired) electrons. The normalized spacial score (nSPS) is 10.0. The van der Waals surface area contributed by atoms with Gasteiger partial charge in [-0.3, -0.25) is 20.4 Å². The first kappa shape index (κ1) is 16.1. The van der Waals surface area contributed by atoms with E-state index in [1.165, 1.54) is 6.20 Å². The number of nitrogens with zero attached hydrogens (tertiary/aromatic N) is 1. The van der Waals surface area contributed by atoms with E-state index in [2.05, 4.69) is 10.9 Å².